The minimum atomic E-state index is 0.210. The van der Waals surface area contributed by atoms with E-state index >= 15 is 0 Å². The fourth-order valence-electron chi connectivity index (χ4n) is 3.04. The van der Waals surface area contributed by atoms with Crippen LogP contribution in [0.4, 0.5) is 5.69 Å². The molecule has 4 heteroatoms. The second-order valence-corrected chi connectivity index (χ2v) is 6.98. The van der Waals surface area contributed by atoms with Gasteiger partial charge in [-0.1, -0.05) is 48.3 Å². The molecule has 0 bridgehead atoms. The van der Waals surface area contributed by atoms with Crippen LogP contribution in [-0.4, -0.2) is 24.7 Å². The van der Waals surface area contributed by atoms with Gasteiger partial charge in [-0.3, -0.25) is 0 Å². The van der Waals surface area contributed by atoms with Crippen LogP contribution in [0, 0.1) is 0 Å². The van der Waals surface area contributed by atoms with Gasteiger partial charge in [0.2, 0.25) is 0 Å². The molecule has 0 radical (unpaired) electrons. The van der Waals surface area contributed by atoms with E-state index in [9.17, 15) is 0 Å². The van der Waals surface area contributed by atoms with Gasteiger partial charge in [0.15, 0.2) is 0 Å². The average Bonchev–Trinajstić information content (AvgIpc) is 2.46. The molecule has 0 spiro atoms. The molecule has 2 rings (SSSR count). The molecule has 2 nitrogen and oxygen atoms in total. The van der Waals surface area contributed by atoms with Crippen molar-refractivity contribution in [2.75, 3.05) is 18.0 Å². The van der Waals surface area contributed by atoms with Gasteiger partial charge in [0, 0.05) is 29.1 Å². The molecule has 1 N–H and O–H groups in total. The fraction of sp³-hybridized carbons (Fsp3) is 0.625. The van der Waals surface area contributed by atoms with E-state index in [-0.39, 0.29) is 5.54 Å². The Bertz CT molecular complexity index is 460. The van der Waals surface area contributed by atoms with E-state index < -0.39 is 0 Å². The molecule has 1 unspecified atom stereocenters. The van der Waals surface area contributed by atoms with Crippen molar-refractivity contribution in [2.45, 2.75) is 51.6 Å². The van der Waals surface area contributed by atoms with E-state index in [1.165, 1.54) is 0 Å². The predicted molar refractivity (Wildman–Crippen MR) is 91.9 cm³/mol. The topological polar surface area (TPSA) is 15.3 Å². The number of hydrogen-bond donors (Lipinski definition) is 1. The van der Waals surface area contributed by atoms with Crippen molar-refractivity contribution in [3.8, 4) is 0 Å². The summed E-state index contributed by atoms with van der Waals surface area (Å²) >= 11 is 9.96. The third-order valence-corrected chi connectivity index (χ3v) is 5.47. The first-order valence-electron chi connectivity index (χ1n) is 7.52. The molecule has 1 aliphatic heterocycles. The highest BCUT2D eigenvalue weighted by atomic mass is 79.9. The van der Waals surface area contributed by atoms with Crippen LogP contribution in [0.25, 0.3) is 0 Å². The van der Waals surface area contributed by atoms with E-state index in [0.29, 0.717) is 6.04 Å². The molecular formula is C16H24BrClN2. The smallest absolute Gasteiger partial charge is 0.0650 e. The second kappa shape index (κ2) is 6.67. The highest BCUT2D eigenvalue weighted by Gasteiger charge is 2.36. The largest absolute Gasteiger partial charge is 0.364 e. The molecule has 0 aliphatic carbocycles. The van der Waals surface area contributed by atoms with E-state index in [0.717, 1.165) is 47.5 Å². The number of piperazine rings is 1. The molecule has 20 heavy (non-hydrogen) atoms. The molecule has 0 saturated carbocycles. The summed E-state index contributed by atoms with van der Waals surface area (Å²) in [6.07, 6.45) is 3.41. The van der Waals surface area contributed by atoms with Gasteiger partial charge in [-0.15, -0.1) is 0 Å². The molecular weight excluding hydrogens is 336 g/mol. The molecule has 1 aromatic rings. The number of nitrogens with one attached hydrogen (secondary N) is 1. The first-order valence-corrected chi connectivity index (χ1v) is 8.69. The number of benzene rings is 1. The first-order chi connectivity index (χ1) is 9.55. The molecule has 0 amide bonds. The third-order valence-electron chi connectivity index (χ3n) is 4.67. The number of rotatable bonds is 4. The first kappa shape index (κ1) is 16.1. The lowest BCUT2D eigenvalue weighted by molar-refractivity contribution is 0.246. The lowest BCUT2D eigenvalue weighted by Gasteiger charge is -2.48. The Morgan fingerprint density at radius 1 is 1.35 bits per heavy atom. The summed E-state index contributed by atoms with van der Waals surface area (Å²) in [5.41, 5.74) is 1.37. The number of anilines is 1. The van der Waals surface area contributed by atoms with Gasteiger partial charge in [0.05, 0.1) is 10.7 Å². The van der Waals surface area contributed by atoms with Crippen LogP contribution in [-0.2, 0) is 0 Å². The molecule has 1 aliphatic rings. The van der Waals surface area contributed by atoms with Gasteiger partial charge in [-0.2, -0.15) is 0 Å². The highest BCUT2D eigenvalue weighted by Crippen LogP contribution is 2.34. The van der Waals surface area contributed by atoms with Crippen LogP contribution in [0.1, 0.15) is 40.0 Å². The predicted octanol–water partition coefficient (Wildman–Crippen LogP) is 4.85. The monoisotopic (exact) mass is 358 g/mol. The van der Waals surface area contributed by atoms with Crippen molar-refractivity contribution in [1.82, 2.24) is 5.32 Å². The Kier molecular flexibility index (Phi) is 5.38. The molecule has 1 heterocycles. The maximum atomic E-state index is 6.47. The Morgan fingerprint density at radius 3 is 2.60 bits per heavy atom. The average molecular weight is 360 g/mol. The molecule has 1 aromatic carbocycles. The zero-order valence-electron chi connectivity index (χ0n) is 12.5. The van der Waals surface area contributed by atoms with Crippen molar-refractivity contribution >= 4 is 33.2 Å². The van der Waals surface area contributed by atoms with Crippen molar-refractivity contribution < 1.29 is 0 Å². The van der Waals surface area contributed by atoms with E-state index in [4.69, 9.17) is 11.6 Å². The minimum Gasteiger partial charge on any atom is -0.364 e. The molecule has 0 aromatic heterocycles. The lowest BCUT2D eigenvalue weighted by Crippen LogP contribution is -2.64. The van der Waals surface area contributed by atoms with E-state index in [1.807, 2.05) is 6.07 Å². The maximum Gasteiger partial charge on any atom is 0.0650 e. The maximum absolute atomic E-state index is 6.47. The van der Waals surface area contributed by atoms with E-state index in [2.05, 4.69) is 59.1 Å². The zero-order chi connectivity index (χ0) is 14.8. The SMILES string of the molecule is CCC1CNC(CC)(CC)CN1c1ccc(Br)cc1Cl. The van der Waals surface area contributed by atoms with Crippen LogP contribution in [0.15, 0.2) is 22.7 Å². The van der Waals surface area contributed by atoms with Crippen molar-refractivity contribution in [3.05, 3.63) is 27.7 Å². The van der Waals surface area contributed by atoms with Crippen molar-refractivity contribution in [2.24, 2.45) is 0 Å². The third kappa shape index (κ3) is 3.15. The summed E-state index contributed by atoms with van der Waals surface area (Å²) in [5.74, 6) is 0. The quantitative estimate of drug-likeness (QED) is 0.826. The molecule has 1 saturated heterocycles. The summed E-state index contributed by atoms with van der Waals surface area (Å²) in [5, 5.41) is 4.60. The van der Waals surface area contributed by atoms with Gasteiger partial charge in [0.1, 0.15) is 0 Å². The Labute approximate surface area is 136 Å². The fourth-order valence-corrected chi connectivity index (χ4v) is 3.82. The van der Waals surface area contributed by atoms with E-state index in [1.54, 1.807) is 0 Å². The zero-order valence-corrected chi connectivity index (χ0v) is 14.9. The van der Waals surface area contributed by atoms with Crippen LogP contribution in [0.5, 0.6) is 0 Å². The standard InChI is InChI=1S/C16H24BrClN2/c1-4-13-10-19-16(5-2,6-3)11-20(13)15-8-7-12(17)9-14(15)18/h7-9,13,19H,4-6,10-11H2,1-3H3. The summed E-state index contributed by atoms with van der Waals surface area (Å²) in [6.45, 7) is 8.84. The van der Waals surface area contributed by atoms with Crippen LogP contribution in [0.2, 0.25) is 5.02 Å². The van der Waals surface area contributed by atoms with Gasteiger partial charge in [0.25, 0.3) is 0 Å². The summed E-state index contributed by atoms with van der Waals surface area (Å²) in [7, 11) is 0. The minimum absolute atomic E-state index is 0.210. The highest BCUT2D eigenvalue weighted by molar-refractivity contribution is 9.10. The Balaban J connectivity index is 2.33. The van der Waals surface area contributed by atoms with Gasteiger partial charge in [-0.25, -0.2) is 0 Å². The lowest BCUT2D eigenvalue weighted by atomic mass is 9.87. The summed E-state index contributed by atoms with van der Waals surface area (Å²) in [6, 6.07) is 6.72. The molecule has 1 atom stereocenters. The normalized spacial score (nSPS) is 22.1. The van der Waals surface area contributed by atoms with Gasteiger partial charge in [-0.05, 0) is 37.5 Å². The van der Waals surface area contributed by atoms with Crippen LogP contribution >= 0.6 is 27.5 Å². The number of halogens is 2. The Hall–Kier alpha value is -0.250. The second-order valence-electron chi connectivity index (χ2n) is 5.65. The van der Waals surface area contributed by atoms with Crippen molar-refractivity contribution in [3.63, 3.8) is 0 Å². The summed E-state index contributed by atoms with van der Waals surface area (Å²) in [4.78, 5) is 2.50. The van der Waals surface area contributed by atoms with Crippen molar-refractivity contribution in [1.29, 1.82) is 0 Å². The summed E-state index contributed by atoms with van der Waals surface area (Å²) < 4.78 is 1.03. The number of nitrogens with zero attached hydrogens (tertiary/aromatic N) is 1. The molecule has 1 fully saturated rings. The van der Waals surface area contributed by atoms with Gasteiger partial charge < -0.3 is 10.2 Å². The van der Waals surface area contributed by atoms with Crippen LogP contribution < -0.4 is 10.2 Å². The number of hydrogen-bond acceptors (Lipinski definition) is 2. The molecule has 112 valence electrons. The van der Waals surface area contributed by atoms with Crippen LogP contribution in [0.3, 0.4) is 0 Å². The van der Waals surface area contributed by atoms with Gasteiger partial charge >= 0.3 is 0 Å². The Morgan fingerprint density at radius 2 is 2.05 bits per heavy atom.